The van der Waals surface area contributed by atoms with E-state index in [1.165, 1.54) is 6.92 Å². The van der Waals surface area contributed by atoms with Crippen molar-refractivity contribution in [2.75, 3.05) is 0 Å². The third kappa shape index (κ3) is 2.75. The van der Waals surface area contributed by atoms with E-state index < -0.39 is 11.7 Å². The first kappa shape index (κ1) is 19.9. The van der Waals surface area contributed by atoms with Gasteiger partial charge in [-0.15, -0.1) is 6.58 Å². The molecule has 1 N–H and O–H groups in total. The molecule has 0 radical (unpaired) electrons. The molecule has 1 saturated heterocycles. The van der Waals surface area contributed by atoms with E-state index in [-0.39, 0.29) is 34.4 Å². The molecule has 2 saturated carbocycles. The number of fused-ring (bicyclic) bond motifs is 3. The number of esters is 1. The number of rotatable bonds is 2. The standard InChI is InChI=1S/C22H36O4/c1-8-21(6)17(24)13-16-20(5)11-10-18(25-14(2)23)19(3,4)15(20)9-12-22(16,7)26-21/h8,15-18,24H,1,9-13H2,2-7H3. The molecule has 3 aliphatic rings. The van der Waals surface area contributed by atoms with E-state index in [0.717, 1.165) is 32.1 Å². The van der Waals surface area contributed by atoms with Gasteiger partial charge in [-0.3, -0.25) is 4.79 Å². The summed E-state index contributed by atoms with van der Waals surface area (Å²) in [6, 6.07) is 0. The summed E-state index contributed by atoms with van der Waals surface area (Å²) >= 11 is 0. The highest BCUT2D eigenvalue weighted by Crippen LogP contribution is 2.65. The number of carbonyl (C=O) groups excluding carboxylic acids is 1. The highest BCUT2D eigenvalue weighted by molar-refractivity contribution is 5.66. The Bertz CT molecular complexity index is 599. The van der Waals surface area contributed by atoms with Crippen LogP contribution < -0.4 is 0 Å². The Labute approximate surface area is 158 Å². The third-order valence-corrected chi connectivity index (χ3v) is 8.22. The SMILES string of the molecule is C=CC1(C)OC2(C)CCC3C(C)(C)C(OC(C)=O)CCC3(C)C2CC1O. The van der Waals surface area contributed by atoms with Gasteiger partial charge >= 0.3 is 5.97 Å². The lowest BCUT2D eigenvalue weighted by atomic mass is 9.43. The van der Waals surface area contributed by atoms with Crippen molar-refractivity contribution >= 4 is 5.97 Å². The molecule has 0 bridgehead atoms. The monoisotopic (exact) mass is 364 g/mol. The molecule has 3 rings (SSSR count). The van der Waals surface area contributed by atoms with E-state index >= 15 is 0 Å². The van der Waals surface area contributed by atoms with Crippen LogP contribution in [-0.2, 0) is 14.3 Å². The molecule has 0 spiro atoms. The van der Waals surface area contributed by atoms with E-state index in [1.807, 2.05) is 6.92 Å². The van der Waals surface area contributed by atoms with Crippen LogP contribution in [0.4, 0.5) is 0 Å². The molecule has 7 unspecified atom stereocenters. The Balaban J connectivity index is 1.94. The quantitative estimate of drug-likeness (QED) is 0.588. The van der Waals surface area contributed by atoms with Crippen LogP contribution in [0.15, 0.2) is 12.7 Å². The van der Waals surface area contributed by atoms with Crippen molar-refractivity contribution in [1.29, 1.82) is 0 Å². The molecule has 7 atom stereocenters. The van der Waals surface area contributed by atoms with Crippen molar-refractivity contribution in [2.24, 2.45) is 22.7 Å². The third-order valence-electron chi connectivity index (χ3n) is 8.22. The maximum Gasteiger partial charge on any atom is 0.302 e. The molecule has 3 fully saturated rings. The summed E-state index contributed by atoms with van der Waals surface area (Å²) in [6.45, 7) is 16.4. The molecular weight excluding hydrogens is 328 g/mol. The number of hydrogen-bond acceptors (Lipinski definition) is 4. The predicted octanol–water partition coefficient (Wildman–Crippen LogP) is 4.26. The average Bonchev–Trinajstić information content (AvgIpc) is 2.52. The zero-order valence-electron chi connectivity index (χ0n) is 17.3. The fraction of sp³-hybridized carbons (Fsp3) is 0.864. The van der Waals surface area contributed by atoms with E-state index in [2.05, 4.69) is 34.3 Å². The van der Waals surface area contributed by atoms with Crippen LogP contribution in [0.3, 0.4) is 0 Å². The first-order chi connectivity index (χ1) is 11.9. The summed E-state index contributed by atoms with van der Waals surface area (Å²) in [5.41, 5.74) is -0.947. The van der Waals surface area contributed by atoms with Crippen LogP contribution in [-0.4, -0.2) is 34.5 Å². The maximum atomic E-state index is 11.6. The molecule has 1 aliphatic heterocycles. The zero-order valence-corrected chi connectivity index (χ0v) is 17.3. The van der Waals surface area contributed by atoms with Crippen molar-refractivity contribution in [1.82, 2.24) is 0 Å². The van der Waals surface area contributed by atoms with Gasteiger partial charge in [0.1, 0.15) is 11.7 Å². The molecular formula is C22H36O4. The second-order valence-corrected chi connectivity index (χ2v) is 10.2. The topological polar surface area (TPSA) is 55.8 Å². The molecule has 0 aromatic carbocycles. The van der Waals surface area contributed by atoms with Gasteiger partial charge in [-0.25, -0.2) is 0 Å². The van der Waals surface area contributed by atoms with Crippen molar-refractivity contribution in [2.45, 2.75) is 97.1 Å². The van der Waals surface area contributed by atoms with Gasteiger partial charge in [0.05, 0.1) is 11.7 Å². The first-order valence-corrected chi connectivity index (χ1v) is 10.1. The van der Waals surface area contributed by atoms with Crippen LogP contribution in [0.5, 0.6) is 0 Å². The molecule has 0 amide bonds. The molecule has 2 aliphatic carbocycles. The minimum atomic E-state index is -0.682. The van der Waals surface area contributed by atoms with Gasteiger partial charge in [0.15, 0.2) is 0 Å². The summed E-state index contributed by atoms with van der Waals surface area (Å²) in [6.07, 6.45) is 5.82. The lowest BCUT2D eigenvalue weighted by Crippen LogP contribution is -2.67. The number of carbonyl (C=O) groups is 1. The van der Waals surface area contributed by atoms with Crippen LogP contribution in [0.2, 0.25) is 0 Å². The van der Waals surface area contributed by atoms with Crippen LogP contribution in [0.1, 0.15) is 73.6 Å². The highest BCUT2D eigenvalue weighted by atomic mass is 16.5. The second-order valence-electron chi connectivity index (χ2n) is 10.2. The molecule has 26 heavy (non-hydrogen) atoms. The van der Waals surface area contributed by atoms with Crippen LogP contribution in [0.25, 0.3) is 0 Å². The van der Waals surface area contributed by atoms with Gasteiger partial charge < -0.3 is 14.6 Å². The van der Waals surface area contributed by atoms with Gasteiger partial charge in [0, 0.05) is 12.3 Å². The number of aliphatic hydroxyl groups is 1. The Morgan fingerprint density at radius 3 is 2.38 bits per heavy atom. The number of aliphatic hydroxyl groups excluding tert-OH is 1. The van der Waals surface area contributed by atoms with E-state index in [1.54, 1.807) is 6.08 Å². The minimum Gasteiger partial charge on any atom is -0.462 e. The number of ether oxygens (including phenoxy) is 2. The molecule has 4 heteroatoms. The fourth-order valence-electron chi connectivity index (χ4n) is 6.74. The van der Waals surface area contributed by atoms with Crippen LogP contribution >= 0.6 is 0 Å². The van der Waals surface area contributed by atoms with Crippen LogP contribution in [0, 0.1) is 22.7 Å². The predicted molar refractivity (Wildman–Crippen MR) is 102 cm³/mol. The normalized spacial score (nSPS) is 50.3. The zero-order chi connectivity index (χ0) is 19.5. The van der Waals surface area contributed by atoms with Gasteiger partial charge in [-0.2, -0.15) is 0 Å². The first-order valence-electron chi connectivity index (χ1n) is 10.1. The van der Waals surface area contributed by atoms with Gasteiger partial charge in [0.25, 0.3) is 0 Å². The van der Waals surface area contributed by atoms with Gasteiger partial charge in [-0.05, 0) is 63.2 Å². The summed E-state index contributed by atoms with van der Waals surface area (Å²) in [5.74, 6) is 0.537. The Morgan fingerprint density at radius 2 is 1.81 bits per heavy atom. The second kappa shape index (κ2) is 6.07. The van der Waals surface area contributed by atoms with Gasteiger partial charge in [0.2, 0.25) is 0 Å². The van der Waals surface area contributed by atoms with Crippen molar-refractivity contribution in [3.63, 3.8) is 0 Å². The molecule has 0 aromatic heterocycles. The smallest absolute Gasteiger partial charge is 0.302 e. The Kier molecular flexibility index (Phi) is 4.64. The maximum absolute atomic E-state index is 11.6. The fourth-order valence-corrected chi connectivity index (χ4v) is 6.74. The number of hydrogen-bond donors (Lipinski definition) is 1. The Morgan fingerprint density at radius 1 is 1.15 bits per heavy atom. The van der Waals surface area contributed by atoms with Crippen molar-refractivity contribution in [3.8, 4) is 0 Å². The minimum absolute atomic E-state index is 0.0321. The van der Waals surface area contributed by atoms with Crippen molar-refractivity contribution in [3.05, 3.63) is 12.7 Å². The molecule has 148 valence electrons. The van der Waals surface area contributed by atoms with E-state index in [9.17, 15) is 9.90 Å². The molecule has 4 nitrogen and oxygen atoms in total. The summed E-state index contributed by atoms with van der Waals surface area (Å²) < 4.78 is 12.2. The van der Waals surface area contributed by atoms with E-state index in [4.69, 9.17) is 9.47 Å². The van der Waals surface area contributed by atoms with E-state index in [0.29, 0.717) is 5.92 Å². The largest absolute Gasteiger partial charge is 0.462 e. The summed E-state index contributed by atoms with van der Waals surface area (Å²) in [7, 11) is 0. The Hall–Kier alpha value is -0.870. The lowest BCUT2D eigenvalue weighted by molar-refractivity contribution is -0.288. The van der Waals surface area contributed by atoms with Crippen molar-refractivity contribution < 1.29 is 19.4 Å². The van der Waals surface area contributed by atoms with Gasteiger partial charge in [-0.1, -0.05) is 26.8 Å². The highest BCUT2D eigenvalue weighted by Gasteiger charge is 2.65. The average molecular weight is 365 g/mol. The summed E-state index contributed by atoms with van der Waals surface area (Å²) in [4.78, 5) is 11.6. The lowest BCUT2D eigenvalue weighted by Gasteiger charge is -2.66. The molecule has 1 heterocycles. The summed E-state index contributed by atoms with van der Waals surface area (Å²) in [5, 5.41) is 10.8. The molecule has 0 aromatic rings.